The second-order valence-corrected chi connectivity index (χ2v) is 5.34. The highest BCUT2D eigenvalue weighted by molar-refractivity contribution is 5.13. The summed E-state index contributed by atoms with van der Waals surface area (Å²) in [6.07, 6.45) is 7.57. The molecule has 2 rings (SSSR count). The maximum atomic E-state index is 2.38. The standard InChI is InChI=1S/C12H22/c1-4-10-11-6-5-7-12(10,11)8-9(2)3/h9-11H,4-8H2,1-3H3/t10-,11+,12?/m1/s1. The Morgan fingerprint density at radius 3 is 2.67 bits per heavy atom. The zero-order valence-corrected chi connectivity index (χ0v) is 8.77. The van der Waals surface area contributed by atoms with E-state index in [1.165, 1.54) is 19.3 Å². The second kappa shape index (κ2) is 2.75. The van der Waals surface area contributed by atoms with Gasteiger partial charge < -0.3 is 0 Å². The van der Waals surface area contributed by atoms with Gasteiger partial charge >= 0.3 is 0 Å². The van der Waals surface area contributed by atoms with E-state index in [9.17, 15) is 0 Å². The van der Waals surface area contributed by atoms with Crippen molar-refractivity contribution in [3.05, 3.63) is 0 Å². The van der Waals surface area contributed by atoms with Crippen molar-refractivity contribution in [1.82, 2.24) is 0 Å². The van der Waals surface area contributed by atoms with Crippen molar-refractivity contribution in [2.75, 3.05) is 0 Å². The molecule has 12 heavy (non-hydrogen) atoms. The van der Waals surface area contributed by atoms with Crippen LogP contribution < -0.4 is 0 Å². The lowest BCUT2D eigenvalue weighted by Crippen LogP contribution is -2.06. The summed E-state index contributed by atoms with van der Waals surface area (Å²) in [6, 6.07) is 0. The molecule has 0 heterocycles. The molecule has 0 aliphatic heterocycles. The van der Waals surface area contributed by atoms with Gasteiger partial charge in [-0.15, -0.1) is 0 Å². The first-order chi connectivity index (χ1) is 5.70. The first kappa shape index (κ1) is 8.59. The third kappa shape index (κ3) is 1.03. The third-order valence-corrected chi connectivity index (χ3v) is 4.24. The lowest BCUT2D eigenvalue weighted by Gasteiger charge is -2.16. The van der Waals surface area contributed by atoms with Crippen LogP contribution in [0, 0.1) is 23.2 Å². The monoisotopic (exact) mass is 166 g/mol. The van der Waals surface area contributed by atoms with Crippen molar-refractivity contribution in [2.45, 2.75) is 52.9 Å². The van der Waals surface area contributed by atoms with Gasteiger partial charge in [0.05, 0.1) is 0 Å². The molecule has 0 aromatic heterocycles. The number of fused-ring (bicyclic) bond motifs is 1. The van der Waals surface area contributed by atoms with E-state index in [-0.39, 0.29) is 0 Å². The van der Waals surface area contributed by atoms with E-state index in [4.69, 9.17) is 0 Å². The Labute approximate surface area is 76.7 Å². The first-order valence-electron chi connectivity index (χ1n) is 5.70. The molecule has 0 aromatic rings. The first-order valence-corrected chi connectivity index (χ1v) is 5.70. The van der Waals surface area contributed by atoms with E-state index in [1.807, 2.05) is 0 Å². The highest BCUT2D eigenvalue weighted by atomic mass is 14.7. The van der Waals surface area contributed by atoms with Crippen molar-refractivity contribution < 1.29 is 0 Å². The van der Waals surface area contributed by atoms with Crippen LogP contribution in [-0.2, 0) is 0 Å². The van der Waals surface area contributed by atoms with Crippen LogP contribution in [0.5, 0.6) is 0 Å². The summed E-state index contributed by atoms with van der Waals surface area (Å²) >= 11 is 0. The van der Waals surface area contributed by atoms with Gasteiger partial charge in [0.2, 0.25) is 0 Å². The maximum Gasteiger partial charge on any atom is -0.0233 e. The van der Waals surface area contributed by atoms with Gasteiger partial charge in [0.15, 0.2) is 0 Å². The zero-order chi connectivity index (χ0) is 8.77. The smallest absolute Gasteiger partial charge is 0.0233 e. The molecule has 0 radical (unpaired) electrons. The van der Waals surface area contributed by atoms with Crippen molar-refractivity contribution in [3.8, 4) is 0 Å². The minimum atomic E-state index is 0.850. The molecule has 0 amide bonds. The Kier molecular flexibility index (Phi) is 1.97. The van der Waals surface area contributed by atoms with Gasteiger partial charge in [-0.25, -0.2) is 0 Å². The summed E-state index contributed by atoms with van der Waals surface area (Å²) in [6.45, 7) is 7.15. The van der Waals surface area contributed by atoms with Crippen LogP contribution >= 0.6 is 0 Å². The van der Waals surface area contributed by atoms with Gasteiger partial charge in [-0.3, -0.25) is 0 Å². The van der Waals surface area contributed by atoms with E-state index < -0.39 is 0 Å². The molecule has 70 valence electrons. The summed E-state index contributed by atoms with van der Waals surface area (Å²) in [5.41, 5.74) is 0.850. The molecule has 0 heteroatoms. The molecule has 0 spiro atoms. The highest BCUT2D eigenvalue weighted by Gasteiger charge is 2.64. The Morgan fingerprint density at radius 1 is 1.42 bits per heavy atom. The number of hydrogen-bond acceptors (Lipinski definition) is 0. The lowest BCUT2D eigenvalue weighted by atomic mass is 9.89. The Hall–Kier alpha value is 0. The van der Waals surface area contributed by atoms with E-state index in [1.54, 1.807) is 12.8 Å². The fourth-order valence-electron chi connectivity index (χ4n) is 4.04. The van der Waals surface area contributed by atoms with Crippen LogP contribution in [0.25, 0.3) is 0 Å². The van der Waals surface area contributed by atoms with Crippen LogP contribution in [0.3, 0.4) is 0 Å². The minimum Gasteiger partial charge on any atom is -0.0651 e. The van der Waals surface area contributed by atoms with Crippen LogP contribution in [0.4, 0.5) is 0 Å². The minimum absolute atomic E-state index is 0.850. The quantitative estimate of drug-likeness (QED) is 0.597. The Bertz CT molecular complexity index is 165. The van der Waals surface area contributed by atoms with Crippen LogP contribution in [0.1, 0.15) is 52.9 Å². The largest absolute Gasteiger partial charge is 0.0651 e. The molecule has 2 fully saturated rings. The molecule has 2 aliphatic carbocycles. The van der Waals surface area contributed by atoms with Crippen LogP contribution in [-0.4, -0.2) is 0 Å². The van der Waals surface area contributed by atoms with Gasteiger partial charge in [-0.05, 0) is 42.4 Å². The molecule has 2 aliphatic rings. The molecule has 0 saturated heterocycles. The van der Waals surface area contributed by atoms with Gasteiger partial charge in [-0.1, -0.05) is 33.6 Å². The summed E-state index contributed by atoms with van der Waals surface area (Å²) in [5.74, 6) is 3.18. The van der Waals surface area contributed by atoms with Gasteiger partial charge in [0.25, 0.3) is 0 Å². The van der Waals surface area contributed by atoms with Crippen LogP contribution in [0.2, 0.25) is 0 Å². The number of hydrogen-bond donors (Lipinski definition) is 0. The SMILES string of the molecule is CC[C@@H]1[C@@H]2CCCC12CC(C)C. The molecule has 1 unspecified atom stereocenters. The van der Waals surface area contributed by atoms with Gasteiger partial charge in [0, 0.05) is 0 Å². The molecule has 3 atom stereocenters. The third-order valence-electron chi connectivity index (χ3n) is 4.24. The average molecular weight is 166 g/mol. The van der Waals surface area contributed by atoms with E-state index >= 15 is 0 Å². The Morgan fingerprint density at radius 2 is 2.17 bits per heavy atom. The van der Waals surface area contributed by atoms with Crippen molar-refractivity contribution in [2.24, 2.45) is 23.2 Å². The summed E-state index contributed by atoms with van der Waals surface area (Å²) in [5, 5.41) is 0. The fraction of sp³-hybridized carbons (Fsp3) is 1.00. The summed E-state index contributed by atoms with van der Waals surface area (Å²) < 4.78 is 0. The average Bonchev–Trinajstić information content (AvgIpc) is 2.35. The molecule has 0 nitrogen and oxygen atoms in total. The second-order valence-electron chi connectivity index (χ2n) is 5.34. The van der Waals surface area contributed by atoms with E-state index in [2.05, 4.69) is 20.8 Å². The maximum absolute atomic E-state index is 2.38. The zero-order valence-electron chi connectivity index (χ0n) is 8.77. The summed E-state index contributed by atoms with van der Waals surface area (Å²) in [4.78, 5) is 0. The number of rotatable bonds is 3. The van der Waals surface area contributed by atoms with Gasteiger partial charge in [-0.2, -0.15) is 0 Å². The van der Waals surface area contributed by atoms with Crippen LogP contribution in [0.15, 0.2) is 0 Å². The Balaban J connectivity index is 2.01. The molecule has 0 N–H and O–H groups in total. The van der Waals surface area contributed by atoms with E-state index in [0.29, 0.717) is 0 Å². The topological polar surface area (TPSA) is 0 Å². The fourth-order valence-corrected chi connectivity index (χ4v) is 4.04. The van der Waals surface area contributed by atoms with E-state index in [0.717, 1.165) is 23.2 Å². The van der Waals surface area contributed by atoms with Crippen molar-refractivity contribution in [3.63, 3.8) is 0 Å². The molecule has 2 saturated carbocycles. The highest BCUT2D eigenvalue weighted by Crippen LogP contribution is 2.72. The molecule has 0 aromatic carbocycles. The van der Waals surface area contributed by atoms with Crippen molar-refractivity contribution in [1.29, 1.82) is 0 Å². The predicted molar refractivity (Wildman–Crippen MR) is 53.0 cm³/mol. The molecular weight excluding hydrogens is 144 g/mol. The predicted octanol–water partition coefficient (Wildman–Crippen LogP) is 3.86. The molecular formula is C12H22. The van der Waals surface area contributed by atoms with Gasteiger partial charge in [0.1, 0.15) is 0 Å². The lowest BCUT2D eigenvalue weighted by molar-refractivity contribution is 0.340. The molecule has 0 bridgehead atoms. The normalized spacial score (nSPS) is 45.0. The summed E-state index contributed by atoms with van der Waals surface area (Å²) in [7, 11) is 0. The van der Waals surface area contributed by atoms with Crippen molar-refractivity contribution >= 4 is 0 Å².